The lowest BCUT2D eigenvalue weighted by Crippen LogP contribution is -2.49. The van der Waals surface area contributed by atoms with Crippen LogP contribution in [0.25, 0.3) is 0 Å². The zero-order valence-electron chi connectivity index (χ0n) is 21.6. The average molecular weight is 509 g/mol. The molecule has 198 valence electrons. The molecule has 0 bridgehead atoms. The normalized spacial score (nSPS) is 20.5. The zero-order chi connectivity index (χ0) is 26.4. The van der Waals surface area contributed by atoms with Crippen molar-refractivity contribution in [1.82, 2.24) is 20.4 Å². The van der Waals surface area contributed by atoms with Crippen molar-refractivity contribution in [2.45, 2.75) is 44.1 Å². The first-order valence-electron chi connectivity index (χ1n) is 12.8. The molecule has 3 atom stereocenters. The van der Waals surface area contributed by atoms with Gasteiger partial charge in [0.15, 0.2) is 5.82 Å². The molecular formula is C27H36N6O4. The molecule has 1 aromatic heterocycles. The van der Waals surface area contributed by atoms with Gasteiger partial charge in [0, 0.05) is 48.6 Å². The summed E-state index contributed by atoms with van der Waals surface area (Å²) in [5.74, 6) is -0.567. The highest BCUT2D eigenvalue weighted by Crippen LogP contribution is 2.39. The first-order valence-corrected chi connectivity index (χ1v) is 12.8. The maximum Gasteiger partial charge on any atom is 0.243 e. The highest BCUT2D eigenvalue weighted by molar-refractivity contribution is 5.96. The maximum absolute atomic E-state index is 13.1. The second kappa shape index (κ2) is 12.2. The third-order valence-corrected chi connectivity index (χ3v) is 6.67. The highest BCUT2D eigenvalue weighted by Gasteiger charge is 2.33. The number of carbonyl (C=O) groups excluding carboxylic acids is 3. The van der Waals surface area contributed by atoms with E-state index in [0.29, 0.717) is 37.0 Å². The van der Waals surface area contributed by atoms with Crippen molar-refractivity contribution >= 4 is 29.2 Å². The van der Waals surface area contributed by atoms with Crippen LogP contribution in [-0.2, 0) is 19.1 Å². The summed E-state index contributed by atoms with van der Waals surface area (Å²) in [6, 6.07) is 8.80. The summed E-state index contributed by atoms with van der Waals surface area (Å²) in [4.78, 5) is 40.2. The Bertz CT molecular complexity index is 1140. The van der Waals surface area contributed by atoms with Crippen LogP contribution in [0.2, 0.25) is 0 Å². The average Bonchev–Trinajstić information content (AvgIpc) is 3.62. The van der Waals surface area contributed by atoms with Gasteiger partial charge in [-0.15, -0.1) is 0 Å². The van der Waals surface area contributed by atoms with E-state index in [9.17, 15) is 14.4 Å². The van der Waals surface area contributed by atoms with Crippen molar-refractivity contribution in [2.24, 2.45) is 5.92 Å². The van der Waals surface area contributed by atoms with Crippen molar-refractivity contribution in [3.05, 3.63) is 53.7 Å². The number of amides is 3. The van der Waals surface area contributed by atoms with E-state index in [1.807, 2.05) is 38.1 Å². The van der Waals surface area contributed by atoms with Crippen LogP contribution in [0.15, 0.2) is 42.5 Å². The van der Waals surface area contributed by atoms with Gasteiger partial charge in [-0.25, -0.2) is 0 Å². The first kappa shape index (κ1) is 26.6. The van der Waals surface area contributed by atoms with Crippen LogP contribution in [0.5, 0.6) is 0 Å². The SMILES string of the molecule is CC(C(=O)Nc1cc(C2CC2)[nH]n1)c1cccc(NC(=O)C2COCCC2NC(=O)/C=C/CN(C)C)c1. The lowest BCUT2D eigenvalue weighted by molar-refractivity contribution is -0.127. The van der Waals surface area contributed by atoms with Crippen LogP contribution < -0.4 is 16.0 Å². The van der Waals surface area contributed by atoms with Gasteiger partial charge in [-0.2, -0.15) is 5.10 Å². The largest absolute Gasteiger partial charge is 0.380 e. The van der Waals surface area contributed by atoms with Crippen molar-refractivity contribution in [2.75, 3.05) is 44.5 Å². The number of aromatic amines is 1. The predicted molar refractivity (Wildman–Crippen MR) is 141 cm³/mol. The molecule has 1 aliphatic heterocycles. The van der Waals surface area contributed by atoms with Gasteiger partial charge in [0.1, 0.15) is 0 Å². The van der Waals surface area contributed by atoms with Crippen LogP contribution in [0, 0.1) is 5.92 Å². The van der Waals surface area contributed by atoms with Crippen LogP contribution >= 0.6 is 0 Å². The molecule has 4 rings (SSSR count). The summed E-state index contributed by atoms with van der Waals surface area (Å²) in [5, 5.41) is 15.9. The van der Waals surface area contributed by atoms with Crippen molar-refractivity contribution in [1.29, 1.82) is 0 Å². The fraction of sp³-hybridized carbons (Fsp3) is 0.481. The third kappa shape index (κ3) is 7.50. The monoisotopic (exact) mass is 508 g/mol. The molecule has 1 aromatic carbocycles. The number of hydrogen-bond donors (Lipinski definition) is 4. The second-order valence-corrected chi connectivity index (χ2v) is 10.1. The Morgan fingerprint density at radius 2 is 2.00 bits per heavy atom. The number of nitrogens with one attached hydrogen (secondary N) is 4. The van der Waals surface area contributed by atoms with Gasteiger partial charge >= 0.3 is 0 Å². The molecule has 1 saturated carbocycles. The van der Waals surface area contributed by atoms with Crippen molar-refractivity contribution < 1.29 is 19.1 Å². The highest BCUT2D eigenvalue weighted by atomic mass is 16.5. The van der Waals surface area contributed by atoms with E-state index < -0.39 is 11.8 Å². The van der Waals surface area contributed by atoms with Crippen LogP contribution in [0.1, 0.15) is 49.3 Å². The summed E-state index contributed by atoms with van der Waals surface area (Å²) in [7, 11) is 3.85. The van der Waals surface area contributed by atoms with E-state index in [1.165, 1.54) is 6.08 Å². The van der Waals surface area contributed by atoms with Crippen LogP contribution in [-0.4, -0.2) is 72.7 Å². The Morgan fingerprint density at radius 3 is 2.76 bits per heavy atom. The van der Waals surface area contributed by atoms with E-state index in [1.54, 1.807) is 24.3 Å². The summed E-state index contributed by atoms with van der Waals surface area (Å²) >= 11 is 0. The molecule has 2 aliphatic rings. The van der Waals surface area contributed by atoms with Crippen LogP contribution in [0.3, 0.4) is 0 Å². The smallest absolute Gasteiger partial charge is 0.243 e. The standard InChI is InChI=1S/C27H36N6O4/c1-17(26(35)30-24-15-23(31-32-24)18-9-10-18)19-6-4-7-20(14-19)28-27(36)21-16-37-13-11-22(21)29-25(34)8-5-12-33(2)3/h4-8,14-15,17-18,21-22H,9-13,16H2,1-3H3,(H,28,36)(H,29,34)(H2,30,31,32,35)/b8-5+. The van der Waals surface area contributed by atoms with Gasteiger partial charge in [0.25, 0.3) is 0 Å². The molecule has 37 heavy (non-hydrogen) atoms. The number of carbonyl (C=O) groups is 3. The molecule has 2 heterocycles. The number of rotatable bonds is 10. The van der Waals surface area contributed by atoms with Gasteiger partial charge < -0.3 is 25.6 Å². The molecule has 10 heteroatoms. The number of aromatic nitrogens is 2. The van der Waals surface area contributed by atoms with Gasteiger partial charge in [-0.05, 0) is 58.0 Å². The molecule has 1 aliphatic carbocycles. The maximum atomic E-state index is 13.1. The first-order chi connectivity index (χ1) is 17.8. The lowest BCUT2D eigenvalue weighted by atomic mass is 9.94. The number of anilines is 2. The Kier molecular flexibility index (Phi) is 8.73. The number of hydrogen-bond acceptors (Lipinski definition) is 6. The Morgan fingerprint density at radius 1 is 1.19 bits per heavy atom. The van der Waals surface area contributed by atoms with Crippen molar-refractivity contribution in [3.8, 4) is 0 Å². The minimum atomic E-state index is -0.523. The molecule has 10 nitrogen and oxygen atoms in total. The molecule has 2 aromatic rings. The Balaban J connectivity index is 1.35. The van der Waals surface area contributed by atoms with Crippen molar-refractivity contribution in [3.63, 3.8) is 0 Å². The topological polar surface area (TPSA) is 128 Å². The molecule has 3 unspecified atom stereocenters. The van der Waals surface area contributed by atoms with Crippen LogP contribution in [0.4, 0.5) is 11.5 Å². The number of ether oxygens (including phenoxy) is 1. The summed E-state index contributed by atoms with van der Waals surface area (Å²) in [5.41, 5.74) is 2.40. The lowest BCUT2D eigenvalue weighted by Gasteiger charge is -2.31. The van der Waals surface area contributed by atoms with E-state index in [2.05, 4.69) is 26.1 Å². The predicted octanol–water partition coefficient (Wildman–Crippen LogP) is 2.61. The Hall–Kier alpha value is -3.50. The number of benzene rings is 1. The molecule has 3 amide bonds. The quantitative estimate of drug-likeness (QED) is 0.365. The van der Waals surface area contributed by atoms with Gasteiger partial charge in [-0.1, -0.05) is 18.2 Å². The summed E-state index contributed by atoms with van der Waals surface area (Å²) in [6.07, 6.45) is 6.13. The number of likely N-dealkylation sites (N-methyl/N-ethyl adjacent to an activating group) is 1. The fourth-order valence-corrected chi connectivity index (χ4v) is 4.28. The van der Waals surface area contributed by atoms with Gasteiger partial charge in [0.2, 0.25) is 17.7 Å². The van der Waals surface area contributed by atoms with Gasteiger partial charge in [0.05, 0.1) is 18.4 Å². The van der Waals surface area contributed by atoms with E-state index >= 15 is 0 Å². The Labute approximate surface area is 217 Å². The second-order valence-electron chi connectivity index (χ2n) is 10.1. The zero-order valence-corrected chi connectivity index (χ0v) is 21.6. The van der Waals surface area contributed by atoms with E-state index in [-0.39, 0.29) is 30.4 Å². The van der Waals surface area contributed by atoms with E-state index in [0.717, 1.165) is 24.1 Å². The van der Waals surface area contributed by atoms with Gasteiger partial charge in [-0.3, -0.25) is 19.5 Å². The molecule has 0 radical (unpaired) electrons. The summed E-state index contributed by atoms with van der Waals surface area (Å²) in [6.45, 7) is 3.18. The molecular weight excluding hydrogens is 472 g/mol. The minimum absolute atomic E-state index is 0.178. The fourth-order valence-electron chi connectivity index (χ4n) is 4.28. The minimum Gasteiger partial charge on any atom is -0.380 e. The molecule has 4 N–H and O–H groups in total. The number of nitrogens with zero attached hydrogens (tertiary/aromatic N) is 2. The van der Waals surface area contributed by atoms with E-state index in [4.69, 9.17) is 4.74 Å². The third-order valence-electron chi connectivity index (χ3n) is 6.67. The molecule has 2 fully saturated rings. The summed E-state index contributed by atoms with van der Waals surface area (Å²) < 4.78 is 5.54. The number of H-pyrrole nitrogens is 1. The molecule has 0 spiro atoms. The molecule has 1 saturated heterocycles.